The van der Waals surface area contributed by atoms with E-state index in [0.717, 1.165) is 37.1 Å². The van der Waals surface area contributed by atoms with Gasteiger partial charge in [0.2, 0.25) is 5.88 Å². The van der Waals surface area contributed by atoms with Crippen molar-refractivity contribution in [2.45, 2.75) is 53.2 Å². The highest BCUT2D eigenvalue weighted by Gasteiger charge is 2.29. The van der Waals surface area contributed by atoms with Crippen LogP contribution < -0.4 is 15.6 Å². The second-order valence-electron chi connectivity index (χ2n) is 9.97. The number of anilines is 2. The first kappa shape index (κ1) is 23.8. The van der Waals surface area contributed by atoms with Crippen LogP contribution in [0.1, 0.15) is 66.7 Å². The summed E-state index contributed by atoms with van der Waals surface area (Å²) in [6.07, 6.45) is 1.93. The smallest absolute Gasteiger partial charge is 0.337 e. The van der Waals surface area contributed by atoms with Gasteiger partial charge in [0, 0.05) is 24.3 Å². The molecule has 1 unspecified atom stereocenters. The van der Waals surface area contributed by atoms with Crippen molar-refractivity contribution >= 4 is 28.5 Å². The third-order valence-corrected chi connectivity index (χ3v) is 6.80. The molecule has 2 aromatic carbocycles. The van der Waals surface area contributed by atoms with Gasteiger partial charge in [0.25, 0.3) is 0 Å². The van der Waals surface area contributed by atoms with Gasteiger partial charge in [-0.2, -0.15) is 0 Å². The maximum absolute atomic E-state index is 13.4. The van der Waals surface area contributed by atoms with Gasteiger partial charge in [-0.15, -0.1) is 0 Å². The number of hydrogen-bond acceptors (Lipinski definition) is 6. The number of piperidine rings is 1. The van der Waals surface area contributed by atoms with E-state index in [9.17, 15) is 19.8 Å². The Balaban J connectivity index is 1.82. The summed E-state index contributed by atoms with van der Waals surface area (Å²) in [4.78, 5) is 27.1. The van der Waals surface area contributed by atoms with E-state index in [-0.39, 0.29) is 28.0 Å². The predicted octanol–water partition coefficient (Wildman–Crippen LogP) is 5.09. The van der Waals surface area contributed by atoms with Gasteiger partial charge in [-0.1, -0.05) is 32.0 Å². The number of nitrogens with zero attached hydrogens (tertiary/aromatic N) is 1. The van der Waals surface area contributed by atoms with E-state index in [4.69, 9.17) is 4.42 Å². The number of aryl methyl sites for hydroxylation is 1. The lowest BCUT2D eigenvalue weighted by molar-refractivity contribution is 0.0698. The normalized spacial score (nSPS) is 16.4. The van der Waals surface area contributed by atoms with E-state index in [0.29, 0.717) is 22.5 Å². The van der Waals surface area contributed by atoms with Gasteiger partial charge in [0.05, 0.1) is 29.2 Å². The summed E-state index contributed by atoms with van der Waals surface area (Å²) >= 11 is 0. The highest BCUT2D eigenvalue weighted by atomic mass is 16.4. The molecule has 7 nitrogen and oxygen atoms in total. The predicted molar refractivity (Wildman–Crippen MR) is 134 cm³/mol. The van der Waals surface area contributed by atoms with Crippen molar-refractivity contribution in [3.63, 3.8) is 0 Å². The van der Waals surface area contributed by atoms with Crippen molar-refractivity contribution in [1.82, 2.24) is 0 Å². The molecule has 1 atom stereocenters. The van der Waals surface area contributed by atoms with Gasteiger partial charge in [0.1, 0.15) is 5.58 Å². The molecule has 2 heterocycles. The molecule has 0 bridgehead atoms. The summed E-state index contributed by atoms with van der Waals surface area (Å²) in [6.45, 7) is 9.38. The van der Waals surface area contributed by atoms with Crippen molar-refractivity contribution in [2.75, 3.05) is 23.3 Å². The van der Waals surface area contributed by atoms with Crippen LogP contribution in [0.4, 0.5) is 11.6 Å². The van der Waals surface area contributed by atoms with Gasteiger partial charge >= 0.3 is 5.97 Å². The molecule has 0 radical (unpaired) electrons. The van der Waals surface area contributed by atoms with Gasteiger partial charge in [0.15, 0.2) is 5.43 Å². The molecule has 0 saturated carbocycles. The van der Waals surface area contributed by atoms with Gasteiger partial charge < -0.3 is 24.8 Å². The van der Waals surface area contributed by atoms with Gasteiger partial charge in [-0.25, -0.2) is 4.79 Å². The molecule has 0 aliphatic carbocycles. The number of hydrogen-bond donors (Lipinski definition) is 3. The third-order valence-electron chi connectivity index (χ3n) is 6.80. The number of benzene rings is 2. The van der Waals surface area contributed by atoms with Crippen LogP contribution in [0, 0.1) is 12.3 Å². The maximum atomic E-state index is 13.4. The highest BCUT2D eigenvalue weighted by molar-refractivity contribution is 5.94. The number of para-hydroxylation sites is 1. The minimum atomic E-state index is -1.01. The number of carbonyl (C=O) groups is 1. The Hall–Kier alpha value is -3.32. The van der Waals surface area contributed by atoms with Crippen LogP contribution in [0.2, 0.25) is 0 Å². The molecule has 3 aromatic rings. The number of fused-ring (bicyclic) bond motifs is 1. The Morgan fingerprint density at radius 3 is 2.53 bits per heavy atom. The molecule has 4 rings (SSSR count). The number of aliphatic hydroxyl groups is 1. The van der Waals surface area contributed by atoms with E-state index < -0.39 is 12.6 Å². The lowest BCUT2D eigenvalue weighted by atomic mass is 9.82. The molecular formula is C27H32N2O5. The van der Waals surface area contributed by atoms with Crippen molar-refractivity contribution in [2.24, 2.45) is 5.41 Å². The van der Waals surface area contributed by atoms with Crippen LogP contribution in [0.15, 0.2) is 45.6 Å². The monoisotopic (exact) mass is 464 g/mol. The summed E-state index contributed by atoms with van der Waals surface area (Å²) in [7, 11) is 0. The Bertz CT molecular complexity index is 1280. The average Bonchev–Trinajstić information content (AvgIpc) is 2.79. The zero-order valence-corrected chi connectivity index (χ0v) is 20.1. The molecule has 1 fully saturated rings. The van der Waals surface area contributed by atoms with E-state index in [1.54, 1.807) is 30.3 Å². The molecular weight excluding hydrogens is 432 g/mol. The van der Waals surface area contributed by atoms with E-state index in [1.807, 2.05) is 19.9 Å². The van der Waals surface area contributed by atoms with Crippen LogP contribution in [0.3, 0.4) is 0 Å². The molecule has 1 aliphatic rings. The summed E-state index contributed by atoms with van der Waals surface area (Å²) in [5, 5.41) is 23.3. The van der Waals surface area contributed by atoms with Gasteiger partial charge in [-0.3, -0.25) is 4.79 Å². The minimum absolute atomic E-state index is 0.173. The summed E-state index contributed by atoms with van der Waals surface area (Å²) < 4.78 is 6.40. The van der Waals surface area contributed by atoms with Crippen molar-refractivity contribution in [1.29, 1.82) is 0 Å². The second kappa shape index (κ2) is 9.14. The molecule has 1 aliphatic heterocycles. The number of aromatic carboxylic acids is 1. The maximum Gasteiger partial charge on any atom is 0.337 e. The van der Waals surface area contributed by atoms with Crippen LogP contribution in [-0.2, 0) is 6.61 Å². The Kier molecular flexibility index (Phi) is 6.41. The molecule has 3 N–H and O–H groups in total. The minimum Gasteiger partial charge on any atom is -0.478 e. The van der Waals surface area contributed by atoms with Crippen LogP contribution in [0.5, 0.6) is 0 Å². The van der Waals surface area contributed by atoms with E-state index in [1.165, 1.54) is 0 Å². The SMILES string of the molecule is Cc1cc(C(C)Nc2ccccc2C(=O)O)c2oc(N3CCC(C)(C)CC3)c(CO)c(=O)c2c1. The number of nitrogens with one attached hydrogen (secondary N) is 1. The lowest BCUT2D eigenvalue weighted by Gasteiger charge is -2.37. The summed E-state index contributed by atoms with van der Waals surface area (Å²) in [5.74, 6) is -0.586. The quantitative estimate of drug-likeness (QED) is 0.467. The van der Waals surface area contributed by atoms with Crippen LogP contribution >= 0.6 is 0 Å². The molecule has 1 aromatic heterocycles. The second-order valence-corrected chi connectivity index (χ2v) is 9.97. The van der Waals surface area contributed by atoms with E-state index in [2.05, 4.69) is 24.1 Å². The molecule has 1 saturated heterocycles. The molecule has 180 valence electrons. The molecule has 34 heavy (non-hydrogen) atoms. The lowest BCUT2D eigenvalue weighted by Crippen LogP contribution is -2.38. The molecule has 7 heteroatoms. The fourth-order valence-electron chi connectivity index (χ4n) is 4.64. The summed E-state index contributed by atoms with van der Waals surface area (Å²) in [5.41, 5.74) is 3.04. The first-order valence-electron chi connectivity index (χ1n) is 11.7. The van der Waals surface area contributed by atoms with Gasteiger partial charge in [-0.05, 0) is 55.9 Å². The highest BCUT2D eigenvalue weighted by Crippen LogP contribution is 2.36. The number of rotatable bonds is 6. The molecule has 0 spiro atoms. The standard InChI is InChI=1S/C27H32N2O5/c1-16-13-19(17(2)28-22-8-6-5-7-18(22)26(32)33)24-20(14-16)23(31)21(15-30)25(34-24)29-11-9-27(3,4)10-12-29/h5-8,13-14,17,28,30H,9-12,15H2,1-4H3,(H,32,33). The average molecular weight is 465 g/mol. The third kappa shape index (κ3) is 4.53. The summed E-state index contributed by atoms with van der Waals surface area (Å²) in [6, 6.07) is 10.1. The van der Waals surface area contributed by atoms with Crippen molar-refractivity contribution < 1.29 is 19.4 Å². The topological polar surface area (TPSA) is 103 Å². The largest absolute Gasteiger partial charge is 0.478 e. The number of carboxylic acids is 1. The zero-order chi connectivity index (χ0) is 24.6. The first-order chi connectivity index (χ1) is 16.1. The van der Waals surface area contributed by atoms with Crippen LogP contribution in [0.25, 0.3) is 11.0 Å². The Labute approximate surface area is 199 Å². The van der Waals surface area contributed by atoms with Crippen LogP contribution in [-0.4, -0.2) is 29.3 Å². The Morgan fingerprint density at radius 2 is 1.88 bits per heavy atom. The fraction of sp³-hybridized carbons (Fsp3) is 0.407. The molecule has 0 amide bonds. The van der Waals surface area contributed by atoms with E-state index >= 15 is 0 Å². The van der Waals surface area contributed by atoms with Crippen molar-refractivity contribution in [3.8, 4) is 0 Å². The van der Waals surface area contributed by atoms with Crippen molar-refractivity contribution in [3.05, 3.63) is 68.9 Å². The Morgan fingerprint density at radius 1 is 1.21 bits per heavy atom. The number of carboxylic acid groups (broad SMARTS) is 1. The fourth-order valence-corrected chi connectivity index (χ4v) is 4.64. The zero-order valence-electron chi connectivity index (χ0n) is 20.1. The number of aliphatic hydroxyl groups excluding tert-OH is 1. The first-order valence-corrected chi connectivity index (χ1v) is 11.7.